The van der Waals surface area contributed by atoms with E-state index in [1.54, 1.807) is 38.7 Å². The van der Waals surface area contributed by atoms with Crippen molar-refractivity contribution in [3.8, 4) is 0 Å². The van der Waals surface area contributed by atoms with Crippen LogP contribution in [0.2, 0.25) is 0 Å². The number of rotatable bonds is 5. The molecule has 2 heterocycles. The minimum Gasteiger partial charge on any atom is -0.444 e. The number of hydrogen-bond acceptors (Lipinski definition) is 5. The van der Waals surface area contributed by atoms with Gasteiger partial charge in [0.1, 0.15) is 11.4 Å². The van der Waals surface area contributed by atoms with Crippen molar-refractivity contribution in [1.29, 1.82) is 0 Å². The quantitative estimate of drug-likeness (QED) is 0.468. The lowest BCUT2D eigenvalue weighted by molar-refractivity contribution is -0.145. The van der Waals surface area contributed by atoms with Crippen LogP contribution in [0.4, 0.5) is 16.3 Å². The molecule has 0 unspecified atom stereocenters. The van der Waals surface area contributed by atoms with Crippen LogP contribution < -0.4 is 10.6 Å². The van der Waals surface area contributed by atoms with E-state index in [0.29, 0.717) is 29.5 Å². The molecule has 34 heavy (non-hydrogen) atoms. The molecular weight excluding hydrogens is 432 g/mol. The summed E-state index contributed by atoms with van der Waals surface area (Å²) < 4.78 is 5.23. The number of ether oxygens (including phenoxy) is 1. The number of anilines is 2. The van der Waals surface area contributed by atoms with Gasteiger partial charge in [-0.05, 0) is 70.6 Å². The fourth-order valence-electron chi connectivity index (χ4n) is 3.63. The molecular formula is C26H36N4O4. The van der Waals surface area contributed by atoms with Gasteiger partial charge in [-0.15, -0.1) is 0 Å². The third-order valence-electron chi connectivity index (χ3n) is 5.32. The molecule has 1 aromatic heterocycles. The Kier molecular flexibility index (Phi) is 9.18. The highest BCUT2D eigenvalue weighted by Crippen LogP contribution is 2.28. The molecule has 3 amide bonds. The first kappa shape index (κ1) is 26.8. The number of carbonyl (C=O) groups excluding carboxylic acids is 3. The number of carbonyl (C=O) groups is 3. The fraction of sp³-hybridized carbons (Fsp3) is 0.462. The average molecular weight is 469 g/mol. The Bertz CT molecular complexity index is 991. The third-order valence-corrected chi connectivity index (χ3v) is 5.32. The molecule has 184 valence electrons. The van der Waals surface area contributed by atoms with Gasteiger partial charge in [-0.1, -0.05) is 37.8 Å². The predicted molar refractivity (Wildman–Crippen MR) is 134 cm³/mol. The summed E-state index contributed by atoms with van der Waals surface area (Å²) in [5.74, 6) is -0.598. The minimum atomic E-state index is -0.737. The molecule has 0 bridgehead atoms. The SMILES string of the molecule is C=C(/C=C\C=C/C)[C@@H]1C[C@H](C)CCN1C(=O)C(=O)Nc1cnc(NC(=O)OC(C)(C)C)c(C)c1. The number of hydrogen-bond donors (Lipinski definition) is 2. The van der Waals surface area contributed by atoms with E-state index in [1.165, 1.54) is 6.20 Å². The zero-order chi connectivity index (χ0) is 25.5. The van der Waals surface area contributed by atoms with Crippen LogP contribution in [0.5, 0.6) is 0 Å². The van der Waals surface area contributed by atoms with Crippen LogP contribution in [0.1, 0.15) is 53.0 Å². The summed E-state index contributed by atoms with van der Waals surface area (Å²) in [4.78, 5) is 43.6. The van der Waals surface area contributed by atoms with Crippen molar-refractivity contribution in [2.24, 2.45) is 5.92 Å². The summed E-state index contributed by atoms with van der Waals surface area (Å²) in [6.45, 7) is 15.7. The molecule has 2 rings (SSSR count). The normalized spacial score (nSPS) is 18.7. The molecule has 1 saturated heterocycles. The molecule has 1 aromatic rings. The number of aryl methyl sites for hydroxylation is 1. The van der Waals surface area contributed by atoms with Crippen molar-refractivity contribution in [2.45, 2.75) is 66.0 Å². The van der Waals surface area contributed by atoms with E-state index in [4.69, 9.17) is 4.74 Å². The molecule has 2 atom stereocenters. The molecule has 0 saturated carbocycles. The number of amides is 3. The van der Waals surface area contributed by atoms with Crippen molar-refractivity contribution in [1.82, 2.24) is 9.88 Å². The van der Waals surface area contributed by atoms with Crippen LogP contribution in [-0.4, -0.2) is 46.0 Å². The second-order valence-electron chi connectivity index (χ2n) is 9.57. The van der Waals surface area contributed by atoms with Crippen molar-refractivity contribution < 1.29 is 19.1 Å². The van der Waals surface area contributed by atoms with Gasteiger partial charge in [-0.25, -0.2) is 9.78 Å². The number of piperidine rings is 1. The Morgan fingerprint density at radius 3 is 2.56 bits per heavy atom. The van der Waals surface area contributed by atoms with Gasteiger partial charge < -0.3 is 15.0 Å². The van der Waals surface area contributed by atoms with Gasteiger partial charge in [-0.3, -0.25) is 14.9 Å². The highest BCUT2D eigenvalue weighted by atomic mass is 16.6. The Balaban J connectivity index is 2.08. The van der Waals surface area contributed by atoms with Crippen LogP contribution in [0.15, 0.2) is 48.7 Å². The molecule has 0 spiro atoms. The molecule has 0 aliphatic carbocycles. The Morgan fingerprint density at radius 1 is 1.24 bits per heavy atom. The van der Waals surface area contributed by atoms with Crippen LogP contribution in [0.3, 0.4) is 0 Å². The summed E-state index contributed by atoms with van der Waals surface area (Å²) in [6, 6.07) is 1.41. The van der Waals surface area contributed by atoms with Crippen LogP contribution in [0, 0.1) is 12.8 Å². The van der Waals surface area contributed by atoms with Gasteiger partial charge in [0.2, 0.25) is 0 Å². The monoisotopic (exact) mass is 468 g/mol. The minimum absolute atomic E-state index is 0.233. The van der Waals surface area contributed by atoms with Gasteiger partial charge in [0.25, 0.3) is 0 Å². The van der Waals surface area contributed by atoms with Crippen molar-refractivity contribution in [3.63, 3.8) is 0 Å². The molecule has 2 N–H and O–H groups in total. The predicted octanol–water partition coefficient (Wildman–Crippen LogP) is 4.99. The summed E-state index contributed by atoms with van der Waals surface area (Å²) in [5.41, 5.74) is 1.13. The standard InChI is InChI=1S/C26H36N4O4/c1-8-9-10-11-18(3)21-14-17(2)12-13-30(21)24(32)23(31)28-20-15-19(4)22(27-16-20)29-25(33)34-26(5,6)7/h8-11,15-17,21H,3,12-14H2,1-2,4-7H3,(H,28,31)(H,27,29,33)/b9-8-,11-10-/t17-,21+/m1/s1. The van der Waals surface area contributed by atoms with Gasteiger partial charge in [0.05, 0.1) is 17.9 Å². The van der Waals surface area contributed by atoms with E-state index >= 15 is 0 Å². The first-order valence-corrected chi connectivity index (χ1v) is 11.5. The van der Waals surface area contributed by atoms with Gasteiger partial charge in [-0.2, -0.15) is 0 Å². The zero-order valence-corrected chi connectivity index (χ0v) is 21.0. The molecule has 1 aliphatic rings. The lowest BCUT2D eigenvalue weighted by Crippen LogP contribution is -2.50. The summed E-state index contributed by atoms with van der Waals surface area (Å²) in [6.07, 6.45) is 9.91. The highest BCUT2D eigenvalue weighted by Gasteiger charge is 2.34. The van der Waals surface area contributed by atoms with Gasteiger partial charge in [0.15, 0.2) is 0 Å². The molecule has 0 aromatic carbocycles. The zero-order valence-electron chi connectivity index (χ0n) is 21.0. The Labute approximate surface area is 202 Å². The number of aromatic nitrogens is 1. The second kappa shape index (κ2) is 11.6. The average Bonchev–Trinajstić information content (AvgIpc) is 2.74. The largest absolute Gasteiger partial charge is 0.444 e. The van der Waals surface area contributed by atoms with E-state index in [9.17, 15) is 14.4 Å². The van der Waals surface area contributed by atoms with E-state index in [0.717, 1.165) is 18.4 Å². The smallest absolute Gasteiger partial charge is 0.413 e. The van der Waals surface area contributed by atoms with Gasteiger partial charge >= 0.3 is 17.9 Å². The topological polar surface area (TPSA) is 101 Å². The van der Waals surface area contributed by atoms with Crippen molar-refractivity contribution in [2.75, 3.05) is 17.2 Å². The van der Waals surface area contributed by atoms with E-state index < -0.39 is 23.5 Å². The molecule has 8 nitrogen and oxygen atoms in total. The Morgan fingerprint density at radius 2 is 1.94 bits per heavy atom. The summed E-state index contributed by atoms with van der Waals surface area (Å²) in [7, 11) is 0. The lowest BCUT2D eigenvalue weighted by Gasteiger charge is -2.38. The maximum Gasteiger partial charge on any atom is 0.413 e. The summed E-state index contributed by atoms with van der Waals surface area (Å²) >= 11 is 0. The number of nitrogens with zero attached hydrogens (tertiary/aromatic N) is 2. The van der Waals surface area contributed by atoms with Crippen molar-refractivity contribution in [3.05, 3.63) is 54.3 Å². The Hall–Kier alpha value is -3.42. The lowest BCUT2D eigenvalue weighted by atomic mass is 9.88. The van der Waals surface area contributed by atoms with Crippen LogP contribution in [-0.2, 0) is 14.3 Å². The first-order valence-electron chi connectivity index (χ1n) is 11.5. The van der Waals surface area contributed by atoms with Crippen molar-refractivity contribution >= 4 is 29.4 Å². The van der Waals surface area contributed by atoms with E-state index in [-0.39, 0.29) is 6.04 Å². The molecule has 1 fully saturated rings. The van der Waals surface area contributed by atoms with E-state index in [1.807, 2.05) is 31.2 Å². The highest BCUT2D eigenvalue weighted by molar-refractivity contribution is 6.39. The number of allylic oxidation sites excluding steroid dienone is 3. The van der Waals surface area contributed by atoms with Gasteiger partial charge in [0, 0.05) is 6.54 Å². The second-order valence-corrected chi connectivity index (χ2v) is 9.57. The molecule has 8 heteroatoms. The van der Waals surface area contributed by atoms with Crippen LogP contribution >= 0.6 is 0 Å². The number of pyridine rings is 1. The van der Waals surface area contributed by atoms with Crippen LogP contribution in [0.25, 0.3) is 0 Å². The number of likely N-dealkylation sites (tertiary alicyclic amines) is 1. The maximum absolute atomic E-state index is 13.0. The molecule has 0 radical (unpaired) electrons. The van der Waals surface area contributed by atoms with E-state index in [2.05, 4.69) is 29.1 Å². The third kappa shape index (κ3) is 7.86. The summed E-state index contributed by atoms with van der Waals surface area (Å²) in [5, 5.41) is 5.21. The fourth-order valence-corrected chi connectivity index (χ4v) is 3.63. The first-order chi connectivity index (χ1) is 15.9. The number of nitrogens with one attached hydrogen (secondary N) is 2. The maximum atomic E-state index is 13.0. The molecule has 1 aliphatic heterocycles.